The van der Waals surface area contributed by atoms with Crippen molar-refractivity contribution in [3.63, 3.8) is 0 Å². The molecule has 3 rings (SSSR count). The first-order valence-corrected chi connectivity index (χ1v) is 7.90. The molecule has 1 atom stereocenters. The van der Waals surface area contributed by atoms with Crippen molar-refractivity contribution >= 4 is 5.91 Å². The lowest BCUT2D eigenvalue weighted by molar-refractivity contribution is -0.131. The molecular formula is C18H22N2O. The Kier molecular flexibility index (Phi) is 3.71. The lowest BCUT2D eigenvalue weighted by atomic mass is 9.62. The molecule has 2 aliphatic rings. The van der Waals surface area contributed by atoms with Crippen LogP contribution in [0.2, 0.25) is 0 Å². The van der Waals surface area contributed by atoms with Crippen molar-refractivity contribution < 1.29 is 4.79 Å². The Morgan fingerprint density at radius 2 is 2.05 bits per heavy atom. The van der Waals surface area contributed by atoms with E-state index in [0.29, 0.717) is 5.92 Å². The van der Waals surface area contributed by atoms with Gasteiger partial charge in [-0.2, -0.15) is 5.26 Å². The van der Waals surface area contributed by atoms with Crippen LogP contribution in [0.1, 0.15) is 56.1 Å². The van der Waals surface area contributed by atoms with Crippen molar-refractivity contribution in [1.82, 2.24) is 4.90 Å². The van der Waals surface area contributed by atoms with E-state index in [9.17, 15) is 4.79 Å². The summed E-state index contributed by atoms with van der Waals surface area (Å²) in [5, 5.41) is 8.67. The van der Waals surface area contributed by atoms with Gasteiger partial charge in [-0.1, -0.05) is 31.2 Å². The minimum absolute atomic E-state index is 0.00943. The maximum atomic E-state index is 11.9. The number of benzene rings is 1. The van der Waals surface area contributed by atoms with Crippen molar-refractivity contribution in [3.8, 4) is 6.07 Å². The van der Waals surface area contributed by atoms with Gasteiger partial charge in [-0.15, -0.1) is 0 Å². The van der Waals surface area contributed by atoms with Gasteiger partial charge in [0.05, 0.1) is 6.07 Å². The minimum atomic E-state index is -0.00943. The fourth-order valence-corrected chi connectivity index (χ4v) is 4.08. The molecule has 0 N–H and O–H groups in total. The zero-order chi connectivity index (χ0) is 14.9. The molecule has 0 saturated carbocycles. The van der Waals surface area contributed by atoms with Crippen LogP contribution >= 0.6 is 0 Å². The molecule has 1 saturated heterocycles. The fraction of sp³-hybridized carbons (Fsp3) is 0.556. The molecule has 1 heterocycles. The molecule has 1 spiro atoms. The van der Waals surface area contributed by atoms with Crippen LogP contribution in [0.5, 0.6) is 0 Å². The molecule has 1 amide bonds. The summed E-state index contributed by atoms with van der Waals surface area (Å²) in [5.41, 5.74) is 3.27. The summed E-state index contributed by atoms with van der Waals surface area (Å²) in [6.07, 6.45) is 4.55. The number of rotatable bonds is 1. The monoisotopic (exact) mass is 282 g/mol. The Bertz CT molecular complexity index is 579. The molecule has 0 radical (unpaired) electrons. The van der Waals surface area contributed by atoms with E-state index in [2.05, 4.69) is 31.2 Å². The van der Waals surface area contributed by atoms with E-state index in [0.717, 1.165) is 25.9 Å². The predicted octanol–water partition coefficient (Wildman–Crippen LogP) is 3.36. The van der Waals surface area contributed by atoms with Crippen LogP contribution < -0.4 is 0 Å². The van der Waals surface area contributed by atoms with E-state index in [4.69, 9.17) is 5.26 Å². The number of amides is 1. The Morgan fingerprint density at radius 3 is 2.76 bits per heavy atom. The lowest BCUT2D eigenvalue weighted by Crippen LogP contribution is -2.46. The fourth-order valence-electron chi connectivity index (χ4n) is 4.08. The number of likely N-dealkylation sites (tertiary alicyclic amines) is 1. The first kappa shape index (κ1) is 14.1. The number of piperidine rings is 1. The number of carbonyl (C=O) groups excluding carboxylic acids is 1. The maximum absolute atomic E-state index is 11.9. The summed E-state index contributed by atoms with van der Waals surface area (Å²) in [6, 6.07) is 10.8. The van der Waals surface area contributed by atoms with E-state index in [1.807, 2.05) is 11.0 Å². The molecule has 0 unspecified atom stereocenters. The van der Waals surface area contributed by atoms with Gasteiger partial charge in [0.15, 0.2) is 0 Å². The topological polar surface area (TPSA) is 44.1 Å². The van der Waals surface area contributed by atoms with Crippen LogP contribution in [-0.4, -0.2) is 23.9 Å². The van der Waals surface area contributed by atoms with Gasteiger partial charge >= 0.3 is 0 Å². The molecular weight excluding hydrogens is 260 g/mol. The van der Waals surface area contributed by atoms with Gasteiger partial charge in [0.25, 0.3) is 0 Å². The third kappa shape index (κ3) is 2.44. The SMILES string of the molecule is C[C@@H]1CCC2(CCN(C(=O)CC#N)CC2)c2ccccc21. The first-order chi connectivity index (χ1) is 10.2. The lowest BCUT2D eigenvalue weighted by Gasteiger charge is -2.46. The van der Waals surface area contributed by atoms with Crippen LogP contribution in [0.4, 0.5) is 0 Å². The van der Waals surface area contributed by atoms with Gasteiger partial charge in [0.1, 0.15) is 6.42 Å². The van der Waals surface area contributed by atoms with E-state index >= 15 is 0 Å². The summed E-state index contributed by atoms with van der Waals surface area (Å²) >= 11 is 0. The minimum Gasteiger partial charge on any atom is -0.342 e. The molecule has 1 aromatic rings. The Hall–Kier alpha value is -1.82. The molecule has 1 aliphatic heterocycles. The average molecular weight is 282 g/mol. The second-order valence-electron chi connectivity index (χ2n) is 6.52. The number of hydrogen-bond acceptors (Lipinski definition) is 2. The van der Waals surface area contributed by atoms with Crippen LogP contribution in [0.3, 0.4) is 0 Å². The van der Waals surface area contributed by atoms with Crippen molar-refractivity contribution in [1.29, 1.82) is 5.26 Å². The number of nitriles is 1. The van der Waals surface area contributed by atoms with E-state index in [1.54, 1.807) is 0 Å². The van der Waals surface area contributed by atoms with Gasteiger partial charge in [0.2, 0.25) is 5.91 Å². The molecule has 1 fully saturated rings. The number of nitrogens with zero attached hydrogens (tertiary/aromatic N) is 2. The van der Waals surface area contributed by atoms with E-state index in [-0.39, 0.29) is 17.7 Å². The van der Waals surface area contributed by atoms with Crippen LogP contribution in [-0.2, 0) is 10.2 Å². The smallest absolute Gasteiger partial charge is 0.236 e. The first-order valence-electron chi connectivity index (χ1n) is 7.90. The molecule has 0 bridgehead atoms. The number of hydrogen-bond donors (Lipinski definition) is 0. The normalized spacial score (nSPS) is 23.4. The Balaban J connectivity index is 1.81. The summed E-state index contributed by atoms with van der Waals surface area (Å²) in [5.74, 6) is 0.634. The molecule has 0 aromatic heterocycles. The van der Waals surface area contributed by atoms with Gasteiger partial charge in [-0.25, -0.2) is 0 Å². The molecule has 3 nitrogen and oxygen atoms in total. The number of fused-ring (bicyclic) bond motifs is 2. The Morgan fingerprint density at radius 1 is 1.33 bits per heavy atom. The summed E-state index contributed by atoms with van der Waals surface area (Å²) in [6.45, 7) is 3.91. The second kappa shape index (κ2) is 5.52. The third-order valence-corrected chi connectivity index (χ3v) is 5.42. The predicted molar refractivity (Wildman–Crippen MR) is 81.8 cm³/mol. The van der Waals surface area contributed by atoms with Gasteiger partial charge in [0, 0.05) is 13.1 Å². The quantitative estimate of drug-likeness (QED) is 0.792. The average Bonchev–Trinajstić information content (AvgIpc) is 2.52. The van der Waals surface area contributed by atoms with Crippen molar-refractivity contribution in [3.05, 3.63) is 35.4 Å². The highest BCUT2D eigenvalue weighted by molar-refractivity contribution is 5.78. The maximum Gasteiger partial charge on any atom is 0.236 e. The zero-order valence-electron chi connectivity index (χ0n) is 12.6. The van der Waals surface area contributed by atoms with Gasteiger partial charge in [-0.05, 0) is 48.1 Å². The molecule has 1 aliphatic carbocycles. The van der Waals surface area contributed by atoms with Crippen LogP contribution in [0.15, 0.2) is 24.3 Å². The van der Waals surface area contributed by atoms with E-state index in [1.165, 1.54) is 24.0 Å². The standard InChI is InChI=1S/C18H22N2O/c1-14-6-8-18(16-5-3-2-4-15(14)16)9-12-20(13-10-18)17(21)7-11-19/h2-5,14H,6-10,12-13H2,1H3/t14-/m1/s1. The largest absolute Gasteiger partial charge is 0.342 e. The Labute approximate surface area is 126 Å². The molecule has 3 heteroatoms. The molecule has 1 aromatic carbocycles. The van der Waals surface area contributed by atoms with E-state index < -0.39 is 0 Å². The van der Waals surface area contributed by atoms with Crippen LogP contribution in [0.25, 0.3) is 0 Å². The van der Waals surface area contributed by atoms with Crippen molar-refractivity contribution in [2.24, 2.45) is 0 Å². The highest BCUT2D eigenvalue weighted by atomic mass is 16.2. The highest BCUT2D eigenvalue weighted by Gasteiger charge is 2.41. The van der Waals surface area contributed by atoms with Gasteiger partial charge in [-0.3, -0.25) is 4.79 Å². The van der Waals surface area contributed by atoms with Crippen molar-refractivity contribution in [2.45, 2.75) is 50.4 Å². The summed E-state index contributed by atoms with van der Waals surface area (Å²) in [7, 11) is 0. The third-order valence-electron chi connectivity index (χ3n) is 5.42. The molecule has 21 heavy (non-hydrogen) atoms. The van der Waals surface area contributed by atoms with Gasteiger partial charge < -0.3 is 4.90 Å². The second-order valence-corrected chi connectivity index (χ2v) is 6.52. The summed E-state index contributed by atoms with van der Waals surface area (Å²) < 4.78 is 0. The highest BCUT2D eigenvalue weighted by Crippen LogP contribution is 2.48. The molecule has 110 valence electrons. The van der Waals surface area contributed by atoms with Crippen LogP contribution in [0, 0.1) is 11.3 Å². The summed E-state index contributed by atoms with van der Waals surface area (Å²) in [4.78, 5) is 13.7. The number of carbonyl (C=O) groups is 1. The zero-order valence-corrected chi connectivity index (χ0v) is 12.6. The van der Waals surface area contributed by atoms with Crippen molar-refractivity contribution in [2.75, 3.05) is 13.1 Å².